The topological polar surface area (TPSA) is 98.1 Å². The fourth-order valence-electron chi connectivity index (χ4n) is 3.09. The molecule has 0 aliphatic rings. The van der Waals surface area contributed by atoms with Gasteiger partial charge in [-0.05, 0) is 42.8 Å². The van der Waals surface area contributed by atoms with E-state index in [0.29, 0.717) is 22.5 Å². The Labute approximate surface area is 181 Å². The zero-order valence-corrected chi connectivity index (χ0v) is 18.1. The smallest absolute Gasteiger partial charge is 0.279 e. The minimum absolute atomic E-state index is 0.110. The maximum Gasteiger partial charge on any atom is 0.282 e. The summed E-state index contributed by atoms with van der Waals surface area (Å²) < 4.78 is 54.9. The quantitative estimate of drug-likeness (QED) is 0.478. The molecule has 0 saturated heterocycles. The fourth-order valence-corrected chi connectivity index (χ4v) is 5.40. The van der Waals surface area contributed by atoms with Crippen LogP contribution in [0.2, 0.25) is 0 Å². The van der Waals surface area contributed by atoms with E-state index in [1.165, 1.54) is 36.5 Å². The van der Waals surface area contributed by atoms with Crippen molar-refractivity contribution >= 4 is 25.7 Å². The molecule has 7 nitrogen and oxygen atoms in total. The number of benzene rings is 3. The number of nitrogens with one attached hydrogen (secondary N) is 1. The Hall–Kier alpha value is -3.43. The molecule has 0 aliphatic carbocycles. The van der Waals surface area contributed by atoms with Crippen molar-refractivity contribution in [1.82, 2.24) is 9.19 Å². The highest BCUT2D eigenvalue weighted by molar-refractivity contribution is 7.92. The van der Waals surface area contributed by atoms with Crippen molar-refractivity contribution in [2.45, 2.75) is 16.7 Å². The van der Waals surface area contributed by atoms with Crippen molar-refractivity contribution in [3.63, 3.8) is 0 Å². The molecule has 3 aromatic carbocycles. The highest BCUT2D eigenvalue weighted by Crippen LogP contribution is 2.32. The molecule has 1 N–H and O–H groups in total. The number of aryl methyl sites for hydroxylation is 1. The van der Waals surface area contributed by atoms with Gasteiger partial charge in [-0.2, -0.15) is 17.6 Å². The van der Waals surface area contributed by atoms with E-state index >= 15 is 0 Å². The average molecular weight is 454 g/mol. The molecule has 0 atom stereocenters. The summed E-state index contributed by atoms with van der Waals surface area (Å²) in [7, 11) is -7.69. The molecule has 31 heavy (non-hydrogen) atoms. The second-order valence-electron chi connectivity index (χ2n) is 6.81. The van der Waals surface area contributed by atoms with Crippen molar-refractivity contribution in [3.8, 4) is 11.3 Å². The second-order valence-corrected chi connectivity index (χ2v) is 10.3. The molecule has 0 bridgehead atoms. The number of sulfonamides is 1. The summed E-state index contributed by atoms with van der Waals surface area (Å²) in [6, 6.07) is 22.8. The van der Waals surface area contributed by atoms with Gasteiger partial charge < -0.3 is 0 Å². The Kier molecular flexibility index (Phi) is 5.38. The van der Waals surface area contributed by atoms with Gasteiger partial charge in [0.15, 0.2) is 0 Å². The van der Waals surface area contributed by atoms with E-state index in [1.54, 1.807) is 61.5 Å². The van der Waals surface area contributed by atoms with Gasteiger partial charge in [-0.3, -0.25) is 4.72 Å². The van der Waals surface area contributed by atoms with Crippen molar-refractivity contribution in [3.05, 3.63) is 96.7 Å². The van der Waals surface area contributed by atoms with Crippen LogP contribution in [0.1, 0.15) is 5.56 Å². The highest BCUT2D eigenvalue weighted by atomic mass is 32.2. The molecule has 158 valence electrons. The third kappa shape index (κ3) is 4.10. The van der Waals surface area contributed by atoms with Crippen molar-refractivity contribution in [2.24, 2.45) is 0 Å². The van der Waals surface area contributed by atoms with E-state index in [4.69, 9.17) is 0 Å². The van der Waals surface area contributed by atoms with Gasteiger partial charge in [0, 0.05) is 11.8 Å². The lowest BCUT2D eigenvalue weighted by Crippen LogP contribution is -2.15. The molecule has 0 fully saturated rings. The van der Waals surface area contributed by atoms with Gasteiger partial charge in [0.05, 0.1) is 21.2 Å². The van der Waals surface area contributed by atoms with E-state index in [1.807, 2.05) is 0 Å². The van der Waals surface area contributed by atoms with Gasteiger partial charge >= 0.3 is 0 Å². The zero-order valence-electron chi connectivity index (χ0n) is 16.5. The summed E-state index contributed by atoms with van der Waals surface area (Å²) in [5.41, 5.74) is 1.82. The van der Waals surface area contributed by atoms with E-state index in [2.05, 4.69) is 9.82 Å². The molecule has 0 amide bonds. The molecule has 0 unspecified atom stereocenters. The van der Waals surface area contributed by atoms with Crippen LogP contribution in [0.4, 0.5) is 5.69 Å². The Morgan fingerprint density at radius 3 is 2.00 bits per heavy atom. The van der Waals surface area contributed by atoms with Crippen LogP contribution in [0.15, 0.2) is 101 Å². The molecule has 0 aliphatic heterocycles. The first-order chi connectivity index (χ1) is 14.8. The number of rotatable bonds is 6. The van der Waals surface area contributed by atoms with Crippen molar-refractivity contribution in [2.75, 3.05) is 4.72 Å². The average Bonchev–Trinajstić information content (AvgIpc) is 3.27. The van der Waals surface area contributed by atoms with Crippen LogP contribution in [-0.2, 0) is 20.0 Å². The predicted octanol–water partition coefficient (Wildman–Crippen LogP) is 3.90. The maximum absolute atomic E-state index is 12.9. The van der Waals surface area contributed by atoms with Crippen molar-refractivity contribution in [1.29, 1.82) is 0 Å². The number of para-hydroxylation sites is 1. The Morgan fingerprint density at radius 2 is 1.35 bits per heavy atom. The molecule has 0 spiro atoms. The molecule has 4 rings (SSSR count). The first kappa shape index (κ1) is 20.8. The van der Waals surface area contributed by atoms with Crippen LogP contribution in [0.3, 0.4) is 0 Å². The molecular formula is C22H19N3O4S2. The number of nitrogens with zero attached hydrogens (tertiary/aromatic N) is 2. The molecule has 1 heterocycles. The summed E-state index contributed by atoms with van der Waals surface area (Å²) in [5.74, 6) is 0. The van der Waals surface area contributed by atoms with Gasteiger partial charge in [0.25, 0.3) is 20.0 Å². The van der Waals surface area contributed by atoms with Gasteiger partial charge in [-0.1, -0.05) is 54.6 Å². The largest absolute Gasteiger partial charge is 0.282 e. The van der Waals surface area contributed by atoms with Crippen LogP contribution in [-0.4, -0.2) is 26.0 Å². The lowest BCUT2D eigenvalue weighted by Gasteiger charge is -2.14. The summed E-state index contributed by atoms with van der Waals surface area (Å²) in [6.07, 6.45) is 1.34. The maximum atomic E-state index is 12.9. The monoisotopic (exact) mass is 453 g/mol. The van der Waals surface area contributed by atoms with E-state index in [9.17, 15) is 16.8 Å². The Balaban J connectivity index is 1.75. The lowest BCUT2D eigenvalue weighted by molar-refractivity contribution is 0.580. The Morgan fingerprint density at radius 1 is 0.742 bits per heavy atom. The van der Waals surface area contributed by atoms with Crippen LogP contribution in [0, 0.1) is 6.92 Å². The minimum atomic E-state index is -3.86. The predicted molar refractivity (Wildman–Crippen MR) is 119 cm³/mol. The SMILES string of the molecule is Cc1cccc(-c2ccn(S(=O)(=O)c3ccccc3)n2)c1NS(=O)(=O)c1ccccc1. The van der Waals surface area contributed by atoms with Crippen LogP contribution < -0.4 is 4.72 Å². The van der Waals surface area contributed by atoms with Crippen LogP contribution in [0.5, 0.6) is 0 Å². The van der Waals surface area contributed by atoms with Gasteiger partial charge in [-0.25, -0.2) is 8.42 Å². The molecular weight excluding hydrogens is 434 g/mol. The normalized spacial score (nSPS) is 11.9. The number of hydrogen-bond acceptors (Lipinski definition) is 5. The number of hydrogen-bond donors (Lipinski definition) is 1. The fraction of sp³-hybridized carbons (Fsp3) is 0.0455. The number of anilines is 1. The van der Waals surface area contributed by atoms with Gasteiger partial charge in [-0.15, -0.1) is 0 Å². The second kappa shape index (κ2) is 8.01. The highest BCUT2D eigenvalue weighted by Gasteiger charge is 2.21. The van der Waals surface area contributed by atoms with E-state index in [-0.39, 0.29) is 9.79 Å². The standard InChI is InChI=1S/C22H19N3O4S2/c1-17-9-8-14-20(22(17)24-30(26,27)18-10-4-2-5-11-18)21-15-16-25(23-21)31(28,29)19-12-6-3-7-13-19/h2-16,24H,1H3. The Bertz CT molecular complexity index is 1430. The minimum Gasteiger partial charge on any atom is -0.279 e. The van der Waals surface area contributed by atoms with Gasteiger partial charge in [0.2, 0.25) is 0 Å². The van der Waals surface area contributed by atoms with E-state index < -0.39 is 20.0 Å². The molecule has 4 aromatic rings. The third-order valence-electron chi connectivity index (χ3n) is 4.69. The molecule has 0 radical (unpaired) electrons. The first-order valence-corrected chi connectivity index (χ1v) is 12.3. The molecule has 0 saturated carbocycles. The van der Waals surface area contributed by atoms with Gasteiger partial charge in [0.1, 0.15) is 0 Å². The first-order valence-electron chi connectivity index (χ1n) is 9.33. The molecule has 1 aromatic heterocycles. The van der Waals surface area contributed by atoms with Crippen molar-refractivity contribution < 1.29 is 16.8 Å². The number of aromatic nitrogens is 2. The summed E-state index contributed by atoms with van der Waals surface area (Å²) >= 11 is 0. The van der Waals surface area contributed by atoms with Crippen LogP contribution >= 0.6 is 0 Å². The van der Waals surface area contributed by atoms with Crippen LogP contribution in [0.25, 0.3) is 11.3 Å². The molecule has 9 heteroatoms. The lowest BCUT2D eigenvalue weighted by atomic mass is 10.1. The van der Waals surface area contributed by atoms with E-state index in [0.717, 1.165) is 4.09 Å². The third-order valence-corrected chi connectivity index (χ3v) is 7.62. The zero-order chi connectivity index (χ0) is 22.1. The summed E-state index contributed by atoms with van der Waals surface area (Å²) in [5, 5.41) is 4.23. The summed E-state index contributed by atoms with van der Waals surface area (Å²) in [4.78, 5) is 0.236. The summed E-state index contributed by atoms with van der Waals surface area (Å²) in [6.45, 7) is 1.77.